The Bertz CT molecular complexity index is 1560. The third kappa shape index (κ3) is 5.98. The number of hydrogen-bond acceptors (Lipinski definition) is 5. The maximum absolute atomic E-state index is 12.9. The van der Waals surface area contributed by atoms with E-state index in [-0.39, 0.29) is 31.5 Å². The number of para-hydroxylation sites is 1. The third-order valence-corrected chi connectivity index (χ3v) is 6.59. The van der Waals surface area contributed by atoms with Gasteiger partial charge in [0.05, 0.1) is 6.54 Å². The highest BCUT2D eigenvalue weighted by molar-refractivity contribution is 5.95. The Morgan fingerprint density at radius 3 is 2.69 bits per heavy atom. The summed E-state index contributed by atoms with van der Waals surface area (Å²) in [7, 11) is 3.75. The van der Waals surface area contributed by atoms with E-state index in [1.807, 2.05) is 55.7 Å². The number of benzene rings is 2. The number of anilines is 1. The highest BCUT2D eigenvalue weighted by Crippen LogP contribution is 2.23. The van der Waals surface area contributed by atoms with Gasteiger partial charge in [0.2, 0.25) is 11.8 Å². The van der Waals surface area contributed by atoms with Crippen molar-refractivity contribution in [3.63, 3.8) is 0 Å². The molecule has 0 radical (unpaired) electrons. The maximum Gasteiger partial charge on any atom is 0.410 e. The molecular formula is C30H29N5O4. The van der Waals surface area contributed by atoms with Crippen LogP contribution in [0.25, 0.3) is 17.0 Å². The van der Waals surface area contributed by atoms with Crippen molar-refractivity contribution < 1.29 is 19.1 Å². The minimum absolute atomic E-state index is 0.111. The van der Waals surface area contributed by atoms with Gasteiger partial charge in [-0.2, -0.15) is 0 Å². The van der Waals surface area contributed by atoms with E-state index < -0.39 is 6.09 Å². The van der Waals surface area contributed by atoms with Gasteiger partial charge in [-0.25, -0.2) is 9.78 Å². The van der Waals surface area contributed by atoms with E-state index in [1.54, 1.807) is 30.3 Å². The Labute approximate surface area is 226 Å². The molecule has 4 aromatic rings. The molecular weight excluding hydrogens is 494 g/mol. The van der Waals surface area contributed by atoms with Crippen LogP contribution in [0.15, 0.2) is 79.1 Å². The van der Waals surface area contributed by atoms with Gasteiger partial charge in [0.25, 0.3) is 0 Å². The Morgan fingerprint density at radius 2 is 1.87 bits per heavy atom. The maximum atomic E-state index is 12.9. The zero-order chi connectivity index (χ0) is 27.4. The van der Waals surface area contributed by atoms with Crippen LogP contribution in [0.1, 0.15) is 22.3 Å². The van der Waals surface area contributed by atoms with Crippen molar-refractivity contribution >= 4 is 40.7 Å². The number of fused-ring (bicyclic) bond motifs is 2. The smallest absolute Gasteiger partial charge is 0.410 e. The monoisotopic (exact) mass is 523 g/mol. The zero-order valence-electron chi connectivity index (χ0n) is 21.8. The number of hydrogen-bond donors (Lipinski definition) is 1. The van der Waals surface area contributed by atoms with Gasteiger partial charge >= 0.3 is 6.09 Å². The average molecular weight is 524 g/mol. The fourth-order valence-corrected chi connectivity index (χ4v) is 4.58. The number of rotatable bonds is 6. The van der Waals surface area contributed by atoms with Crippen LogP contribution >= 0.6 is 0 Å². The molecule has 5 rings (SSSR count). The molecule has 2 aromatic heterocycles. The molecule has 9 heteroatoms. The number of pyridine rings is 1. The summed E-state index contributed by atoms with van der Waals surface area (Å²) in [5, 5.41) is 3.85. The molecule has 0 spiro atoms. The molecule has 3 heterocycles. The van der Waals surface area contributed by atoms with Crippen molar-refractivity contribution in [3.05, 3.63) is 101 Å². The molecule has 0 atom stereocenters. The van der Waals surface area contributed by atoms with Crippen molar-refractivity contribution in [2.24, 2.45) is 7.05 Å². The van der Waals surface area contributed by atoms with E-state index in [9.17, 15) is 14.4 Å². The van der Waals surface area contributed by atoms with E-state index in [1.165, 1.54) is 11.0 Å². The second kappa shape index (κ2) is 11.2. The van der Waals surface area contributed by atoms with Crippen LogP contribution in [0.2, 0.25) is 0 Å². The molecule has 1 N–H and O–H groups in total. The molecule has 2 aromatic carbocycles. The number of carbonyl (C=O) groups excluding carboxylic acids is 3. The lowest BCUT2D eigenvalue weighted by molar-refractivity contribution is -0.125. The molecule has 198 valence electrons. The Kier molecular flexibility index (Phi) is 7.40. The van der Waals surface area contributed by atoms with Crippen molar-refractivity contribution in [1.29, 1.82) is 0 Å². The highest BCUT2D eigenvalue weighted by atomic mass is 16.6. The van der Waals surface area contributed by atoms with Crippen LogP contribution in [0.4, 0.5) is 10.6 Å². The fourth-order valence-electron chi connectivity index (χ4n) is 4.58. The molecule has 0 fully saturated rings. The summed E-state index contributed by atoms with van der Waals surface area (Å²) in [6, 6.07) is 19.2. The summed E-state index contributed by atoms with van der Waals surface area (Å²) in [5.41, 5.74) is 4.37. The third-order valence-electron chi connectivity index (χ3n) is 6.59. The lowest BCUT2D eigenvalue weighted by Crippen LogP contribution is -2.35. The summed E-state index contributed by atoms with van der Waals surface area (Å²) in [5.74, 6) is -0.126. The van der Waals surface area contributed by atoms with Gasteiger partial charge in [-0.15, -0.1) is 0 Å². The second-order valence-electron chi connectivity index (χ2n) is 9.53. The van der Waals surface area contributed by atoms with Crippen LogP contribution in [0.3, 0.4) is 0 Å². The first-order valence-corrected chi connectivity index (χ1v) is 12.6. The van der Waals surface area contributed by atoms with Crippen LogP contribution in [0.5, 0.6) is 0 Å². The molecule has 0 saturated carbocycles. The Morgan fingerprint density at radius 1 is 1.10 bits per heavy atom. The number of carbonyl (C=O) groups is 3. The summed E-state index contributed by atoms with van der Waals surface area (Å²) in [6.45, 7) is 0.580. The van der Waals surface area contributed by atoms with Gasteiger partial charge in [-0.1, -0.05) is 48.5 Å². The molecule has 0 saturated heterocycles. The molecule has 0 bridgehead atoms. The molecule has 0 unspecified atom stereocenters. The zero-order valence-corrected chi connectivity index (χ0v) is 21.8. The lowest BCUT2D eigenvalue weighted by Gasteiger charge is -2.19. The van der Waals surface area contributed by atoms with Crippen molar-refractivity contribution in [3.8, 4) is 0 Å². The Balaban J connectivity index is 1.25. The van der Waals surface area contributed by atoms with E-state index in [0.29, 0.717) is 23.5 Å². The quantitative estimate of drug-likeness (QED) is 0.380. The number of nitrogens with one attached hydrogen (secondary N) is 1. The predicted octanol–water partition coefficient (Wildman–Crippen LogP) is 4.34. The minimum atomic E-state index is -0.590. The largest absolute Gasteiger partial charge is 0.445 e. The second-order valence-corrected chi connectivity index (χ2v) is 9.53. The van der Waals surface area contributed by atoms with E-state index >= 15 is 0 Å². The standard InChI is InChI=1S/C30H29N5O4/c1-33-16-24(25-10-6-7-11-26(25)33)17-34(2)28(37)13-12-22-14-23-18-35(19-27(36)32-29(23)31-15-22)30(38)39-20-21-8-4-3-5-9-21/h3-16H,17-20H2,1-2H3,(H,31,32,36). The van der Waals surface area contributed by atoms with Crippen LogP contribution in [-0.4, -0.2) is 50.9 Å². The first kappa shape index (κ1) is 25.7. The van der Waals surface area contributed by atoms with E-state index in [4.69, 9.17) is 4.74 Å². The number of ether oxygens (including phenoxy) is 1. The Hall–Kier alpha value is -4.92. The number of likely N-dealkylation sites (N-methyl/N-ethyl adjacent to an activating group) is 1. The lowest BCUT2D eigenvalue weighted by atomic mass is 10.1. The van der Waals surface area contributed by atoms with Gasteiger partial charge < -0.3 is 19.5 Å². The summed E-state index contributed by atoms with van der Waals surface area (Å²) in [6.07, 6.45) is 6.21. The number of amides is 3. The fraction of sp³-hybridized carbons (Fsp3) is 0.200. The van der Waals surface area contributed by atoms with Gasteiger partial charge in [-0.3, -0.25) is 14.5 Å². The normalized spacial score (nSPS) is 13.2. The molecule has 3 amide bonds. The molecule has 1 aliphatic rings. The predicted molar refractivity (Wildman–Crippen MR) is 148 cm³/mol. The average Bonchev–Trinajstić information content (AvgIpc) is 3.15. The first-order valence-electron chi connectivity index (χ1n) is 12.6. The number of aryl methyl sites for hydroxylation is 1. The topological polar surface area (TPSA) is 96.8 Å². The summed E-state index contributed by atoms with van der Waals surface area (Å²) < 4.78 is 7.48. The molecule has 0 aliphatic carbocycles. The minimum Gasteiger partial charge on any atom is -0.445 e. The highest BCUT2D eigenvalue weighted by Gasteiger charge is 2.25. The number of nitrogens with zero attached hydrogens (tertiary/aromatic N) is 4. The van der Waals surface area contributed by atoms with Gasteiger partial charge in [0, 0.05) is 55.6 Å². The molecule has 39 heavy (non-hydrogen) atoms. The van der Waals surface area contributed by atoms with E-state index in [2.05, 4.69) is 27.0 Å². The van der Waals surface area contributed by atoms with Gasteiger partial charge in [0.1, 0.15) is 19.0 Å². The van der Waals surface area contributed by atoms with Crippen LogP contribution in [0, 0.1) is 0 Å². The number of aromatic nitrogens is 2. The summed E-state index contributed by atoms with van der Waals surface area (Å²) >= 11 is 0. The van der Waals surface area contributed by atoms with Crippen molar-refractivity contribution in [1.82, 2.24) is 19.4 Å². The first-order chi connectivity index (χ1) is 18.9. The summed E-state index contributed by atoms with van der Waals surface area (Å²) in [4.78, 5) is 45.3. The molecule has 1 aliphatic heterocycles. The van der Waals surface area contributed by atoms with Crippen LogP contribution < -0.4 is 5.32 Å². The van der Waals surface area contributed by atoms with Gasteiger partial charge in [0.15, 0.2) is 0 Å². The van der Waals surface area contributed by atoms with E-state index in [0.717, 1.165) is 22.0 Å². The van der Waals surface area contributed by atoms with Gasteiger partial charge in [-0.05, 0) is 34.9 Å². The van der Waals surface area contributed by atoms with Crippen LogP contribution in [-0.2, 0) is 41.1 Å². The SMILES string of the molecule is CN(Cc1cn(C)c2ccccc12)C(=O)C=Cc1cnc2c(c1)CN(C(=O)OCc1ccccc1)CC(=O)N2. The molecule has 9 nitrogen and oxygen atoms in total. The van der Waals surface area contributed by atoms with Crippen molar-refractivity contribution in [2.45, 2.75) is 19.7 Å². The van der Waals surface area contributed by atoms with Crippen molar-refractivity contribution in [2.75, 3.05) is 18.9 Å².